The summed E-state index contributed by atoms with van der Waals surface area (Å²) in [6.45, 7) is 0.630. The van der Waals surface area contributed by atoms with E-state index in [1.165, 1.54) is 12.1 Å². The molecule has 3 N–H and O–H groups in total. The highest BCUT2D eigenvalue weighted by atomic mass is 79.9. The zero-order valence-electron chi connectivity index (χ0n) is 11.5. The van der Waals surface area contributed by atoms with Gasteiger partial charge in [-0.3, -0.25) is 4.79 Å². The Balaban J connectivity index is 2.53. The van der Waals surface area contributed by atoms with Crippen molar-refractivity contribution >= 4 is 27.5 Å². The molecule has 0 aliphatic rings. The second-order valence-corrected chi connectivity index (χ2v) is 5.55. The van der Waals surface area contributed by atoms with Gasteiger partial charge in [-0.1, -0.05) is 28.8 Å². The van der Waals surface area contributed by atoms with Gasteiger partial charge in [0.15, 0.2) is 0 Å². The van der Waals surface area contributed by atoms with Crippen LogP contribution in [-0.4, -0.2) is 12.5 Å². The number of hydrogen-bond acceptors (Lipinski definition) is 2. The van der Waals surface area contributed by atoms with Crippen molar-refractivity contribution < 1.29 is 18.0 Å². The van der Waals surface area contributed by atoms with Crippen molar-refractivity contribution in [3.05, 3.63) is 28.2 Å². The van der Waals surface area contributed by atoms with E-state index in [2.05, 4.69) is 21.2 Å². The lowest BCUT2D eigenvalue weighted by Crippen LogP contribution is -2.13. The van der Waals surface area contributed by atoms with E-state index in [1.54, 1.807) is 0 Å². The Hall–Kier alpha value is -1.08. The Morgan fingerprint density at radius 1 is 1.19 bits per heavy atom. The summed E-state index contributed by atoms with van der Waals surface area (Å²) in [6.07, 6.45) is -0.694. The summed E-state index contributed by atoms with van der Waals surface area (Å²) < 4.78 is 38.2. The lowest BCUT2D eigenvalue weighted by atomic mass is 10.1. The fraction of sp³-hybridized carbons (Fsp3) is 0.500. The number of alkyl halides is 3. The number of halogens is 4. The number of carbonyl (C=O) groups is 1. The molecule has 118 valence electrons. The van der Waals surface area contributed by atoms with Crippen LogP contribution < -0.4 is 11.1 Å². The summed E-state index contributed by atoms with van der Waals surface area (Å²) in [5.41, 5.74) is 4.71. The van der Waals surface area contributed by atoms with E-state index in [9.17, 15) is 18.0 Å². The molecular formula is C14H18BrF3N2O. The van der Waals surface area contributed by atoms with E-state index in [1.807, 2.05) is 0 Å². The fourth-order valence-electron chi connectivity index (χ4n) is 1.83. The summed E-state index contributed by atoms with van der Waals surface area (Å²) in [5.74, 6) is -0.279. The molecule has 0 saturated heterocycles. The summed E-state index contributed by atoms with van der Waals surface area (Å²) >= 11 is 2.86. The van der Waals surface area contributed by atoms with Crippen LogP contribution in [0.2, 0.25) is 0 Å². The van der Waals surface area contributed by atoms with Crippen molar-refractivity contribution in [3.63, 3.8) is 0 Å². The maximum atomic E-state index is 12.7. The monoisotopic (exact) mass is 366 g/mol. The number of nitrogens with two attached hydrogens (primary N) is 1. The van der Waals surface area contributed by atoms with Crippen LogP contribution in [0.3, 0.4) is 0 Å². The van der Waals surface area contributed by atoms with E-state index < -0.39 is 11.7 Å². The molecule has 0 bridgehead atoms. The second-order valence-electron chi connectivity index (χ2n) is 4.69. The van der Waals surface area contributed by atoms with Crippen LogP contribution in [0.25, 0.3) is 0 Å². The first-order chi connectivity index (χ1) is 9.84. The van der Waals surface area contributed by atoms with Crippen molar-refractivity contribution in [1.82, 2.24) is 0 Å². The van der Waals surface area contributed by atoms with E-state index in [-0.39, 0.29) is 16.1 Å². The maximum absolute atomic E-state index is 12.7. The van der Waals surface area contributed by atoms with Crippen LogP contribution in [0.1, 0.15) is 37.7 Å². The van der Waals surface area contributed by atoms with Crippen LogP contribution in [-0.2, 0) is 11.0 Å². The van der Waals surface area contributed by atoms with Crippen molar-refractivity contribution in [2.24, 2.45) is 5.73 Å². The first-order valence-electron chi connectivity index (χ1n) is 6.71. The standard InChI is InChI=1S/C14H18BrF3N2O/c15-12-7-6-10(9-11(12)14(16,17)18)20-13(21)5-3-1-2-4-8-19/h6-7,9H,1-5,8,19H2,(H,20,21). The normalized spacial score (nSPS) is 11.5. The number of unbranched alkanes of at least 4 members (excludes halogenated alkanes) is 3. The Kier molecular flexibility index (Phi) is 7.17. The minimum absolute atomic E-state index is 0.0465. The molecule has 1 aromatic rings. The van der Waals surface area contributed by atoms with E-state index >= 15 is 0 Å². The Bertz CT molecular complexity index is 478. The highest BCUT2D eigenvalue weighted by Crippen LogP contribution is 2.36. The molecule has 7 heteroatoms. The third-order valence-corrected chi connectivity index (χ3v) is 3.60. The summed E-state index contributed by atoms with van der Waals surface area (Å²) in [7, 11) is 0. The van der Waals surface area contributed by atoms with Gasteiger partial charge in [0, 0.05) is 16.6 Å². The molecule has 0 saturated carbocycles. The molecule has 0 atom stereocenters. The first kappa shape index (κ1) is 18.0. The molecular weight excluding hydrogens is 349 g/mol. The molecule has 0 heterocycles. The second kappa shape index (κ2) is 8.38. The lowest BCUT2D eigenvalue weighted by Gasteiger charge is -2.12. The van der Waals surface area contributed by atoms with Gasteiger partial charge in [-0.2, -0.15) is 13.2 Å². The van der Waals surface area contributed by atoms with Crippen molar-refractivity contribution in [3.8, 4) is 0 Å². The van der Waals surface area contributed by atoms with Crippen LogP contribution in [0.15, 0.2) is 22.7 Å². The third kappa shape index (κ3) is 6.48. The number of amides is 1. The Labute approximate surface area is 130 Å². The predicted octanol–water partition coefficient (Wildman–Crippen LogP) is 4.32. The third-order valence-electron chi connectivity index (χ3n) is 2.91. The number of benzene rings is 1. The van der Waals surface area contributed by atoms with Gasteiger partial charge in [0.1, 0.15) is 0 Å². The van der Waals surface area contributed by atoms with E-state index in [0.717, 1.165) is 25.3 Å². The van der Waals surface area contributed by atoms with Gasteiger partial charge in [0.2, 0.25) is 5.91 Å². The Morgan fingerprint density at radius 3 is 2.48 bits per heavy atom. The molecule has 1 amide bonds. The maximum Gasteiger partial charge on any atom is 0.417 e. The number of rotatable bonds is 7. The molecule has 1 aromatic carbocycles. The minimum Gasteiger partial charge on any atom is -0.330 e. The van der Waals surface area contributed by atoms with Crippen LogP contribution in [0.4, 0.5) is 18.9 Å². The summed E-state index contributed by atoms with van der Waals surface area (Å²) in [6, 6.07) is 3.64. The van der Waals surface area contributed by atoms with Gasteiger partial charge < -0.3 is 11.1 Å². The number of hydrogen-bond donors (Lipinski definition) is 2. The van der Waals surface area contributed by atoms with Crippen LogP contribution >= 0.6 is 15.9 Å². The van der Waals surface area contributed by atoms with Crippen molar-refractivity contribution in [2.45, 2.75) is 38.3 Å². The van der Waals surface area contributed by atoms with Gasteiger partial charge in [0.05, 0.1) is 5.56 Å². The number of anilines is 1. The number of nitrogens with one attached hydrogen (secondary N) is 1. The SMILES string of the molecule is NCCCCCCC(=O)Nc1ccc(Br)c(C(F)(F)F)c1. The molecule has 1 rings (SSSR count). The molecule has 0 radical (unpaired) electrons. The zero-order chi connectivity index (χ0) is 15.9. The topological polar surface area (TPSA) is 55.1 Å². The van der Waals surface area contributed by atoms with Gasteiger partial charge in [-0.25, -0.2) is 0 Å². The van der Waals surface area contributed by atoms with E-state index in [4.69, 9.17) is 5.73 Å². The molecule has 0 aliphatic heterocycles. The lowest BCUT2D eigenvalue weighted by molar-refractivity contribution is -0.138. The minimum atomic E-state index is -4.46. The molecule has 3 nitrogen and oxygen atoms in total. The largest absolute Gasteiger partial charge is 0.417 e. The summed E-state index contributed by atoms with van der Waals surface area (Å²) in [4.78, 5) is 11.7. The van der Waals surface area contributed by atoms with Crippen molar-refractivity contribution in [1.29, 1.82) is 0 Å². The van der Waals surface area contributed by atoms with Gasteiger partial charge >= 0.3 is 6.18 Å². The highest BCUT2D eigenvalue weighted by Gasteiger charge is 2.33. The van der Waals surface area contributed by atoms with Gasteiger partial charge in [-0.15, -0.1) is 0 Å². The van der Waals surface area contributed by atoms with Crippen molar-refractivity contribution in [2.75, 3.05) is 11.9 Å². The fourth-order valence-corrected chi connectivity index (χ4v) is 2.30. The average Bonchev–Trinajstić information content (AvgIpc) is 2.39. The quantitative estimate of drug-likeness (QED) is 0.706. The Morgan fingerprint density at radius 2 is 1.86 bits per heavy atom. The van der Waals surface area contributed by atoms with E-state index in [0.29, 0.717) is 19.4 Å². The first-order valence-corrected chi connectivity index (χ1v) is 7.50. The highest BCUT2D eigenvalue weighted by molar-refractivity contribution is 9.10. The summed E-state index contributed by atoms with van der Waals surface area (Å²) in [5, 5.41) is 2.49. The average molecular weight is 367 g/mol. The molecule has 0 aromatic heterocycles. The smallest absolute Gasteiger partial charge is 0.330 e. The van der Waals surface area contributed by atoms with Gasteiger partial charge in [0.25, 0.3) is 0 Å². The number of carbonyl (C=O) groups excluding carboxylic acids is 1. The molecule has 0 aliphatic carbocycles. The molecule has 21 heavy (non-hydrogen) atoms. The molecule has 0 fully saturated rings. The predicted molar refractivity (Wildman–Crippen MR) is 79.9 cm³/mol. The zero-order valence-corrected chi connectivity index (χ0v) is 13.1. The van der Waals surface area contributed by atoms with Crippen LogP contribution in [0, 0.1) is 0 Å². The molecule has 0 spiro atoms. The van der Waals surface area contributed by atoms with Gasteiger partial charge in [-0.05, 0) is 37.6 Å². The van der Waals surface area contributed by atoms with Crippen LogP contribution in [0.5, 0.6) is 0 Å². The molecule has 0 unspecified atom stereocenters.